The number of ether oxygens (including phenoxy) is 1. The Morgan fingerprint density at radius 1 is 1.26 bits per heavy atom. The minimum Gasteiger partial charge on any atom is -0.479 e. The third-order valence-corrected chi connectivity index (χ3v) is 6.74. The van der Waals surface area contributed by atoms with Crippen molar-refractivity contribution in [3.05, 3.63) is 64.6 Å². The molecule has 0 spiro atoms. The largest absolute Gasteiger partial charge is 0.479 e. The van der Waals surface area contributed by atoms with Crippen LogP contribution in [0.2, 0.25) is 0 Å². The van der Waals surface area contributed by atoms with Gasteiger partial charge in [0.05, 0.1) is 11.3 Å². The molecule has 1 saturated carbocycles. The number of hydrogen-bond acceptors (Lipinski definition) is 4. The van der Waals surface area contributed by atoms with Crippen molar-refractivity contribution >= 4 is 17.3 Å². The highest BCUT2D eigenvalue weighted by molar-refractivity contribution is 6.07. The van der Waals surface area contributed by atoms with Gasteiger partial charge in [0.1, 0.15) is 17.1 Å². The van der Waals surface area contributed by atoms with Crippen molar-refractivity contribution in [2.24, 2.45) is 5.92 Å². The molecule has 2 aromatic heterocycles. The average molecular weight is 418 g/mol. The van der Waals surface area contributed by atoms with Crippen molar-refractivity contribution in [3.8, 4) is 5.75 Å². The van der Waals surface area contributed by atoms with Crippen LogP contribution < -0.4 is 10.1 Å². The molecule has 3 aromatic rings. The van der Waals surface area contributed by atoms with Gasteiger partial charge in [0.25, 0.3) is 5.91 Å². The number of hydrogen-bond donors (Lipinski definition) is 1. The second kappa shape index (κ2) is 6.94. The zero-order valence-corrected chi connectivity index (χ0v) is 18.4. The van der Waals surface area contributed by atoms with Crippen LogP contribution in [0.15, 0.2) is 36.5 Å². The van der Waals surface area contributed by atoms with Gasteiger partial charge in [0, 0.05) is 12.7 Å². The van der Waals surface area contributed by atoms with Crippen LogP contribution in [0.1, 0.15) is 77.2 Å². The lowest BCUT2D eigenvalue weighted by Gasteiger charge is -2.34. The number of ketones is 1. The van der Waals surface area contributed by atoms with E-state index in [1.165, 1.54) is 18.4 Å². The van der Waals surface area contributed by atoms with Gasteiger partial charge in [0.15, 0.2) is 5.60 Å². The number of rotatable bonds is 4. The Balaban J connectivity index is 1.35. The molecule has 6 nitrogen and oxygen atoms in total. The number of imidazole rings is 1. The Kier molecular flexibility index (Phi) is 4.43. The lowest BCUT2D eigenvalue weighted by Crippen LogP contribution is -2.32. The van der Waals surface area contributed by atoms with Crippen LogP contribution in [-0.2, 0) is 6.54 Å². The highest BCUT2D eigenvalue weighted by atomic mass is 16.5. The Labute approximate surface area is 181 Å². The summed E-state index contributed by atoms with van der Waals surface area (Å²) in [5.74, 6) is 1.68. The summed E-state index contributed by atoms with van der Waals surface area (Å²) < 4.78 is 7.57. The van der Waals surface area contributed by atoms with Crippen molar-refractivity contribution in [2.45, 2.75) is 58.6 Å². The van der Waals surface area contributed by atoms with Crippen molar-refractivity contribution in [2.75, 3.05) is 0 Å². The predicted molar refractivity (Wildman–Crippen MR) is 118 cm³/mol. The summed E-state index contributed by atoms with van der Waals surface area (Å²) in [5.41, 5.74) is 3.95. The number of nitrogens with one attached hydrogen (secondary N) is 1. The average Bonchev–Trinajstić information content (AvgIpc) is 3.16. The molecule has 3 heterocycles. The molecule has 1 aliphatic carbocycles. The van der Waals surface area contributed by atoms with Crippen LogP contribution in [-0.4, -0.2) is 26.7 Å². The lowest BCUT2D eigenvalue weighted by molar-refractivity contribution is 0.0684. The van der Waals surface area contributed by atoms with Crippen molar-refractivity contribution < 1.29 is 14.3 Å². The van der Waals surface area contributed by atoms with E-state index in [4.69, 9.17) is 4.74 Å². The molecule has 1 aromatic carbocycles. The maximum atomic E-state index is 13.0. The smallest absolute Gasteiger partial charge is 0.270 e. The molecule has 1 unspecified atom stereocenters. The first-order valence-corrected chi connectivity index (χ1v) is 10.9. The molecule has 1 fully saturated rings. The molecule has 1 N–H and O–H groups in total. The number of benzene rings is 1. The monoisotopic (exact) mass is 417 g/mol. The fraction of sp³-hybridized carbons (Fsp3) is 0.400. The molecule has 0 bridgehead atoms. The van der Waals surface area contributed by atoms with Crippen LogP contribution in [0.25, 0.3) is 5.65 Å². The van der Waals surface area contributed by atoms with E-state index in [0.29, 0.717) is 41.1 Å². The van der Waals surface area contributed by atoms with E-state index < -0.39 is 5.60 Å². The van der Waals surface area contributed by atoms with Gasteiger partial charge < -0.3 is 10.1 Å². The summed E-state index contributed by atoms with van der Waals surface area (Å²) in [6.07, 6.45) is 4.45. The summed E-state index contributed by atoms with van der Waals surface area (Å²) in [5, 5.41) is 2.98. The zero-order valence-electron chi connectivity index (χ0n) is 18.4. The molecule has 2 aliphatic rings. The number of pyridine rings is 1. The molecule has 0 saturated heterocycles. The van der Waals surface area contributed by atoms with E-state index in [0.717, 1.165) is 11.2 Å². The number of aromatic nitrogens is 2. The Hall–Kier alpha value is -3.15. The molecule has 2 atom stereocenters. The number of carbonyl (C=O) groups excluding carboxylic acids is 2. The number of carbonyl (C=O) groups is 2. The predicted octanol–water partition coefficient (Wildman–Crippen LogP) is 4.44. The first-order chi connectivity index (χ1) is 14.7. The SMILES string of the molecule is Cc1nc2cc(C3CC[C@H]3C)ccn2c1C(=O)NCc1ccc2c(c1)C(=O)C(C)(C)O2. The lowest BCUT2D eigenvalue weighted by atomic mass is 9.71. The molecule has 6 heteroatoms. The molecule has 5 rings (SSSR count). The quantitative estimate of drug-likeness (QED) is 0.681. The number of aryl methyl sites for hydroxylation is 1. The van der Waals surface area contributed by atoms with E-state index in [1.54, 1.807) is 26.0 Å². The molecule has 0 radical (unpaired) electrons. The molecule has 1 aliphatic heterocycles. The van der Waals surface area contributed by atoms with Crippen molar-refractivity contribution in [3.63, 3.8) is 0 Å². The van der Waals surface area contributed by atoms with Crippen molar-refractivity contribution in [1.82, 2.24) is 14.7 Å². The van der Waals surface area contributed by atoms with E-state index in [9.17, 15) is 9.59 Å². The highest BCUT2D eigenvalue weighted by Gasteiger charge is 2.39. The topological polar surface area (TPSA) is 72.7 Å². The number of fused-ring (bicyclic) bond motifs is 2. The maximum Gasteiger partial charge on any atom is 0.270 e. The first-order valence-electron chi connectivity index (χ1n) is 10.9. The highest BCUT2D eigenvalue weighted by Crippen LogP contribution is 2.42. The van der Waals surface area contributed by atoms with Gasteiger partial charge in [-0.2, -0.15) is 0 Å². The maximum absolute atomic E-state index is 13.0. The third kappa shape index (κ3) is 3.21. The van der Waals surface area contributed by atoms with Gasteiger partial charge in [-0.25, -0.2) is 4.98 Å². The van der Waals surface area contributed by atoms with Gasteiger partial charge in [-0.05, 0) is 80.8 Å². The summed E-state index contributed by atoms with van der Waals surface area (Å²) in [7, 11) is 0. The number of nitrogens with zero attached hydrogens (tertiary/aromatic N) is 2. The van der Waals surface area contributed by atoms with Gasteiger partial charge in [-0.3, -0.25) is 14.0 Å². The van der Waals surface area contributed by atoms with E-state index >= 15 is 0 Å². The number of Topliss-reactive ketones (excluding diaryl/α,β-unsaturated/α-hetero) is 1. The Bertz CT molecular complexity index is 1220. The van der Waals surface area contributed by atoms with Gasteiger partial charge in [-0.1, -0.05) is 13.0 Å². The molecule has 160 valence electrons. The van der Waals surface area contributed by atoms with Crippen LogP contribution in [0.4, 0.5) is 0 Å². The Morgan fingerprint density at radius 2 is 2.06 bits per heavy atom. The zero-order chi connectivity index (χ0) is 21.9. The van der Waals surface area contributed by atoms with Crippen LogP contribution in [0.3, 0.4) is 0 Å². The third-order valence-electron chi connectivity index (χ3n) is 6.74. The minimum absolute atomic E-state index is 0.0371. The summed E-state index contributed by atoms with van der Waals surface area (Å²) in [4.78, 5) is 30.1. The van der Waals surface area contributed by atoms with Gasteiger partial charge in [-0.15, -0.1) is 0 Å². The van der Waals surface area contributed by atoms with Gasteiger partial charge in [0.2, 0.25) is 5.78 Å². The standard InChI is InChI=1S/C25H27N3O3/c1-14-5-7-18(14)17-9-10-28-21(12-17)27-15(2)22(28)24(30)26-13-16-6-8-20-19(11-16)23(29)25(3,4)31-20/h6,8-12,14,18H,5,7,13H2,1-4H3,(H,26,30)/t14-,18?/m1/s1. The van der Waals surface area contributed by atoms with Crippen LogP contribution in [0.5, 0.6) is 5.75 Å². The Morgan fingerprint density at radius 3 is 2.77 bits per heavy atom. The second-order valence-electron chi connectivity index (χ2n) is 9.35. The van der Waals surface area contributed by atoms with Crippen molar-refractivity contribution in [1.29, 1.82) is 0 Å². The van der Waals surface area contributed by atoms with Gasteiger partial charge >= 0.3 is 0 Å². The molecular weight excluding hydrogens is 390 g/mol. The normalized spacial score (nSPS) is 21.5. The van der Waals surface area contributed by atoms with E-state index in [-0.39, 0.29) is 11.7 Å². The summed E-state index contributed by atoms with van der Waals surface area (Å²) in [6.45, 7) is 8.00. The van der Waals surface area contributed by atoms with Crippen LogP contribution in [0, 0.1) is 12.8 Å². The fourth-order valence-corrected chi connectivity index (χ4v) is 4.71. The molecule has 1 amide bonds. The van der Waals surface area contributed by atoms with Crippen LogP contribution >= 0.6 is 0 Å². The van der Waals surface area contributed by atoms with E-state index in [1.807, 2.05) is 23.6 Å². The summed E-state index contributed by atoms with van der Waals surface area (Å²) >= 11 is 0. The second-order valence-corrected chi connectivity index (χ2v) is 9.35. The first kappa shape index (κ1) is 19.8. The minimum atomic E-state index is -0.839. The van der Waals surface area contributed by atoms with E-state index in [2.05, 4.69) is 29.4 Å². The molecule has 31 heavy (non-hydrogen) atoms. The molecular formula is C25H27N3O3. The fourth-order valence-electron chi connectivity index (χ4n) is 4.71. The number of amides is 1. The summed E-state index contributed by atoms with van der Waals surface area (Å²) in [6, 6.07) is 9.70.